The maximum absolute atomic E-state index is 11.9. The second-order valence-electron chi connectivity index (χ2n) is 6.90. The number of hydrogen-bond donors (Lipinski definition) is 0. The molecule has 0 spiro atoms. The van der Waals surface area contributed by atoms with Gasteiger partial charge in [0.1, 0.15) is 0 Å². The molecule has 0 fully saturated rings. The smallest absolute Gasteiger partial charge is 0.333 e. The summed E-state index contributed by atoms with van der Waals surface area (Å²) >= 11 is 0. The second-order valence-corrected chi connectivity index (χ2v) is 6.90. The molecule has 0 aromatic rings. The quantitative estimate of drug-likeness (QED) is 0.498. The predicted octanol–water partition coefficient (Wildman–Crippen LogP) is 5.05. The van der Waals surface area contributed by atoms with Crippen LogP contribution in [0.1, 0.15) is 59.3 Å². The van der Waals surface area contributed by atoms with Crippen LogP contribution in [-0.2, 0) is 14.3 Å². The van der Waals surface area contributed by atoms with E-state index >= 15 is 0 Å². The van der Waals surface area contributed by atoms with E-state index in [0.717, 1.165) is 50.7 Å². The molecule has 0 aromatic heterocycles. The third kappa shape index (κ3) is 5.20. The molecule has 0 saturated heterocycles. The van der Waals surface area contributed by atoms with Crippen molar-refractivity contribution >= 4 is 5.97 Å². The van der Waals surface area contributed by atoms with Gasteiger partial charge in [-0.3, -0.25) is 0 Å². The van der Waals surface area contributed by atoms with Gasteiger partial charge in [-0.25, -0.2) is 4.79 Å². The Morgan fingerprint density at radius 2 is 1.79 bits per heavy atom. The van der Waals surface area contributed by atoms with Crippen molar-refractivity contribution in [3.8, 4) is 0 Å². The van der Waals surface area contributed by atoms with Crippen LogP contribution < -0.4 is 0 Å². The van der Waals surface area contributed by atoms with Crippen molar-refractivity contribution in [3.63, 3.8) is 0 Å². The molecule has 1 unspecified atom stereocenters. The summed E-state index contributed by atoms with van der Waals surface area (Å²) in [5.74, 6) is -0.199. The van der Waals surface area contributed by atoms with Gasteiger partial charge in [-0.05, 0) is 70.4 Å². The molecular weight excluding hydrogens is 300 g/mol. The summed E-state index contributed by atoms with van der Waals surface area (Å²) in [6, 6.07) is 0. The summed E-state index contributed by atoms with van der Waals surface area (Å²) in [7, 11) is 1.45. The van der Waals surface area contributed by atoms with Crippen molar-refractivity contribution in [2.45, 2.75) is 65.4 Å². The fourth-order valence-corrected chi connectivity index (χ4v) is 3.30. The Morgan fingerprint density at radius 3 is 2.54 bits per heavy atom. The van der Waals surface area contributed by atoms with Gasteiger partial charge in [0, 0.05) is 5.57 Å². The molecule has 132 valence electrons. The molecule has 0 N–H and O–H groups in total. The predicted molar refractivity (Wildman–Crippen MR) is 97.8 cm³/mol. The first-order valence-electron chi connectivity index (χ1n) is 8.91. The molecule has 0 radical (unpaired) electrons. The van der Waals surface area contributed by atoms with Gasteiger partial charge >= 0.3 is 5.97 Å². The first-order chi connectivity index (χ1) is 11.5. The van der Waals surface area contributed by atoms with Gasteiger partial charge in [0.15, 0.2) is 0 Å². The van der Waals surface area contributed by atoms with Crippen LogP contribution in [0.25, 0.3) is 0 Å². The number of ether oxygens (including phenoxy) is 2. The normalized spacial score (nSPS) is 23.7. The molecule has 2 aliphatic rings. The summed E-state index contributed by atoms with van der Waals surface area (Å²) < 4.78 is 10.9. The van der Waals surface area contributed by atoms with Gasteiger partial charge in [-0.2, -0.15) is 0 Å². The summed E-state index contributed by atoms with van der Waals surface area (Å²) in [4.78, 5) is 11.9. The van der Waals surface area contributed by atoms with E-state index in [-0.39, 0.29) is 12.1 Å². The van der Waals surface area contributed by atoms with Gasteiger partial charge in [0.05, 0.1) is 19.8 Å². The number of hydrogen-bond acceptors (Lipinski definition) is 3. The van der Waals surface area contributed by atoms with Crippen LogP contribution in [-0.4, -0.2) is 25.8 Å². The standard InChI is InChI=1S/C21H30O3/c1-15-7-5-9-18(21(22)23-4)10-6-8-16(2)13-20-19(12-11-15)17(3)14-24-20/h7,10,13,20H,5-6,8-9,11-12,14H2,1-4H3. The maximum Gasteiger partial charge on any atom is 0.333 e. The fraction of sp³-hybridized carbons (Fsp3) is 0.571. The Kier molecular flexibility index (Phi) is 7.04. The van der Waals surface area contributed by atoms with Crippen LogP contribution in [0.4, 0.5) is 0 Å². The van der Waals surface area contributed by atoms with E-state index in [1.54, 1.807) is 0 Å². The minimum absolute atomic E-state index is 0.129. The van der Waals surface area contributed by atoms with Crippen LogP contribution in [0.2, 0.25) is 0 Å². The van der Waals surface area contributed by atoms with Crippen LogP contribution in [0.3, 0.4) is 0 Å². The van der Waals surface area contributed by atoms with Crippen molar-refractivity contribution in [2.75, 3.05) is 13.7 Å². The first kappa shape index (κ1) is 18.7. The number of fused-ring (bicyclic) bond motifs is 1. The minimum Gasteiger partial charge on any atom is -0.466 e. The Labute approximate surface area is 146 Å². The maximum atomic E-state index is 11.9. The molecule has 2 rings (SSSR count). The molecule has 3 heteroatoms. The van der Waals surface area contributed by atoms with Crippen molar-refractivity contribution in [2.24, 2.45) is 0 Å². The number of carbonyl (C=O) groups excluding carboxylic acids is 1. The van der Waals surface area contributed by atoms with E-state index in [1.165, 1.54) is 29.4 Å². The number of allylic oxidation sites excluding steroid dienone is 4. The average molecular weight is 330 g/mol. The molecular formula is C21H30O3. The molecule has 24 heavy (non-hydrogen) atoms. The lowest BCUT2D eigenvalue weighted by Crippen LogP contribution is -2.08. The summed E-state index contributed by atoms with van der Waals surface area (Å²) in [6.45, 7) is 7.26. The molecule has 0 bridgehead atoms. The topological polar surface area (TPSA) is 35.5 Å². The van der Waals surface area contributed by atoms with Gasteiger partial charge in [0.2, 0.25) is 0 Å². The van der Waals surface area contributed by atoms with Crippen molar-refractivity contribution < 1.29 is 14.3 Å². The number of rotatable bonds is 1. The first-order valence-corrected chi connectivity index (χ1v) is 8.91. The third-order valence-electron chi connectivity index (χ3n) is 4.88. The van der Waals surface area contributed by atoms with Crippen molar-refractivity contribution in [3.05, 3.63) is 46.1 Å². The van der Waals surface area contributed by atoms with E-state index < -0.39 is 0 Å². The molecule has 1 heterocycles. The average Bonchev–Trinajstić information content (AvgIpc) is 2.90. The molecule has 1 aliphatic carbocycles. The lowest BCUT2D eigenvalue weighted by molar-refractivity contribution is -0.136. The van der Waals surface area contributed by atoms with Crippen LogP contribution in [0.15, 0.2) is 46.1 Å². The third-order valence-corrected chi connectivity index (χ3v) is 4.88. The van der Waals surface area contributed by atoms with Gasteiger partial charge in [-0.1, -0.05) is 29.4 Å². The molecule has 0 saturated carbocycles. The summed E-state index contributed by atoms with van der Waals surface area (Å²) in [6.07, 6.45) is 12.2. The SMILES string of the molecule is COC(=O)C1=CCCC(C)=CC2OCC(C)=C2CCC(C)=CCC1. The van der Waals surface area contributed by atoms with Crippen molar-refractivity contribution in [1.82, 2.24) is 0 Å². The Balaban J connectivity index is 2.21. The van der Waals surface area contributed by atoms with Gasteiger partial charge in [-0.15, -0.1) is 0 Å². The number of carbonyl (C=O) groups is 1. The zero-order valence-electron chi connectivity index (χ0n) is 15.5. The van der Waals surface area contributed by atoms with Crippen LogP contribution in [0, 0.1) is 0 Å². The minimum atomic E-state index is -0.199. The highest BCUT2D eigenvalue weighted by atomic mass is 16.5. The highest BCUT2D eigenvalue weighted by molar-refractivity contribution is 5.88. The van der Waals surface area contributed by atoms with E-state index in [2.05, 4.69) is 32.9 Å². The lowest BCUT2D eigenvalue weighted by atomic mass is 9.95. The van der Waals surface area contributed by atoms with E-state index in [1.807, 2.05) is 6.08 Å². The van der Waals surface area contributed by atoms with E-state index in [0.29, 0.717) is 0 Å². The molecule has 3 nitrogen and oxygen atoms in total. The number of esters is 1. The monoisotopic (exact) mass is 330 g/mol. The fourth-order valence-electron chi connectivity index (χ4n) is 3.30. The number of methoxy groups -OCH3 is 1. The van der Waals surface area contributed by atoms with Gasteiger partial charge < -0.3 is 9.47 Å². The molecule has 1 aliphatic heterocycles. The zero-order chi connectivity index (χ0) is 17.5. The molecule has 0 amide bonds. The highest BCUT2D eigenvalue weighted by Gasteiger charge is 2.22. The highest BCUT2D eigenvalue weighted by Crippen LogP contribution is 2.29. The zero-order valence-corrected chi connectivity index (χ0v) is 15.5. The summed E-state index contributed by atoms with van der Waals surface area (Å²) in [5, 5.41) is 0. The van der Waals surface area contributed by atoms with E-state index in [4.69, 9.17) is 9.47 Å². The van der Waals surface area contributed by atoms with Crippen LogP contribution >= 0.6 is 0 Å². The summed E-state index contributed by atoms with van der Waals surface area (Å²) in [5.41, 5.74) is 6.32. The van der Waals surface area contributed by atoms with E-state index in [9.17, 15) is 4.79 Å². The Bertz CT molecular complexity index is 590. The van der Waals surface area contributed by atoms with Crippen molar-refractivity contribution in [1.29, 1.82) is 0 Å². The molecule has 1 atom stereocenters. The molecule has 0 aromatic carbocycles. The second kappa shape index (κ2) is 9.03. The van der Waals surface area contributed by atoms with Gasteiger partial charge in [0.25, 0.3) is 0 Å². The lowest BCUT2D eigenvalue weighted by Gasteiger charge is -2.14. The largest absolute Gasteiger partial charge is 0.466 e. The Hall–Kier alpha value is -1.61. The Morgan fingerprint density at radius 1 is 1.04 bits per heavy atom. The van der Waals surface area contributed by atoms with Crippen LogP contribution in [0.5, 0.6) is 0 Å².